The minimum Gasteiger partial charge on any atom is -0.507 e. The average molecular weight is 543 g/mol. The molecule has 4 rings (SSSR count). The third-order valence-corrected chi connectivity index (χ3v) is 6.18. The van der Waals surface area contributed by atoms with Crippen LogP contribution in [0.1, 0.15) is 34.5 Å². The van der Waals surface area contributed by atoms with Gasteiger partial charge in [0.15, 0.2) is 0 Å². The minimum absolute atomic E-state index is 0.178. The van der Waals surface area contributed by atoms with Gasteiger partial charge in [0.25, 0.3) is 0 Å². The second-order valence-corrected chi connectivity index (χ2v) is 9.17. The largest absolute Gasteiger partial charge is 0.507 e. The molecular formula is C28H31BrO6. The maximum Gasteiger partial charge on any atom is 0.126 e. The number of benzene rings is 3. The molecule has 1 aliphatic heterocycles. The van der Waals surface area contributed by atoms with Crippen LogP contribution in [0.4, 0.5) is 0 Å². The maximum absolute atomic E-state index is 10.9. The lowest BCUT2D eigenvalue weighted by molar-refractivity contribution is -0.0646. The van der Waals surface area contributed by atoms with Crippen molar-refractivity contribution < 1.29 is 28.8 Å². The Morgan fingerprint density at radius 3 is 1.54 bits per heavy atom. The third-order valence-electron chi connectivity index (χ3n) is 5.72. The van der Waals surface area contributed by atoms with Gasteiger partial charge in [-0.3, -0.25) is 0 Å². The van der Waals surface area contributed by atoms with Crippen molar-refractivity contribution in [3.8, 4) is 5.75 Å². The highest BCUT2D eigenvalue weighted by molar-refractivity contribution is 9.10. The quantitative estimate of drug-likeness (QED) is 0.445. The molecule has 2 atom stereocenters. The smallest absolute Gasteiger partial charge is 0.126 e. The van der Waals surface area contributed by atoms with E-state index in [9.17, 15) is 5.11 Å². The van der Waals surface area contributed by atoms with Crippen LogP contribution in [0.25, 0.3) is 0 Å². The standard InChI is InChI=1S/C28H31BrO6/c29-25-15-23-17-32-19-26(21-7-3-1-4-8-21)34-13-11-31-12-14-35-27(22-9-5-2-6-10-22)20-33-18-24(16-25)28(23)30/h1-10,15-16,26-27,30H,11-14,17-20H2/t26-,27-/m1/s1. The van der Waals surface area contributed by atoms with Crippen molar-refractivity contribution in [2.24, 2.45) is 0 Å². The number of hydrogen-bond acceptors (Lipinski definition) is 6. The third kappa shape index (κ3) is 7.87. The molecule has 0 aromatic heterocycles. The molecule has 0 fully saturated rings. The molecule has 1 aliphatic rings. The van der Waals surface area contributed by atoms with Crippen LogP contribution in [0.2, 0.25) is 0 Å². The fourth-order valence-corrected chi connectivity index (χ4v) is 4.46. The summed E-state index contributed by atoms with van der Waals surface area (Å²) in [5, 5.41) is 10.9. The SMILES string of the molecule is Oc1c2cc(Br)cc1COC[C@H](c1ccccc1)OCCOCCO[C@@H](c1ccccc1)COC2. The van der Waals surface area contributed by atoms with Crippen LogP contribution in [0, 0.1) is 0 Å². The normalized spacial score (nSPS) is 21.1. The molecule has 0 saturated heterocycles. The topological polar surface area (TPSA) is 66.4 Å². The van der Waals surface area contributed by atoms with Crippen molar-refractivity contribution in [1.82, 2.24) is 0 Å². The summed E-state index contributed by atoms with van der Waals surface area (Å²) in [5.41, 5.74) is 3.43. The lowest BCUT2D eigenvalue weighted by Gasteiger charge is -2.21. The van der Waals surface area contributed by atoms with E-state index in [0.717, 1.165) is 15.6 Å². The first-order valence-corrected chi connectivity index (χ1v) is 12.6. The van der Waals surface area contributed by atoms with Gasteiger partial charge < -0.3 is 28.8 Å². The number of ether oxygens (including phenoxy) is 5. The van der Waals surface area contributed by atoms with Gasteiger partial charge in [0, 0.05) is 15.6 Å². The maximum atomic E-state index is 10.9. The van der Waals surface area contributed by atoms with Crippen molar-refractivity contribution in [2.45, 2.75) is 25.4 Å². The highest BCUT2D eigenvalue weighted by Crippen LogP contribution is 2.30. The highest BCUT2D eigenvalue weighted by atomic mass is 79.9. The number of phenols is 1. The summed E-state index contributed by atoms with van der Waals surface area (Å²) in [6, 6.07) is 23.7. The zero-order valence-electron chi connectivity index (χ0n) is 19.6. The van der Waals surface area contributed by atoms with Crippen LogP contribution in [0.3, 0.4) is 0 Å². The monoisotopic (exact) mass is 542 g/mol. The second-order valence-electron chi connectivity index (χ2n) is 8.26. The Kier molecular flexibility index (Phi) is 10.1. The molecule has 35 heavy (non-hydrogen) atoms. The van der Waals surface area contributed by atoms with Crippen molar-refractivity contribution in [3.63, 3.8) is 0 Å². The zero-order valence-corrected chi connectivity index (χ0v) is 21.2. The van der Waals surface area contributed by atoms with E-state index in [0.29, 0.717) is 50.8 Å². The van der Waals surface area contributed by atoms with E-state index < -0.39 is 0 Å². The number of aromatic hydroxyl groups is 1. The summed E-state index contributed by atoms with van der Waals surface area (Å²) >= 11 is 3.54. The van der Waals surface area contributed by atoms with E-state index in [1.807, 2.05) is 72.8 Å². The van der Waals surface area contributed by atoms with E-state index in [1.54, 1.807) is 0 Å². The van der Waals surface area contributed by atoms with Gasteiger partial charge in [0.05, 0.1) is 52.9 Å². The van der Waals surface area contributed by atoms with Gasteiger partial charge in [0.1, 0.15) is 18.0 Å². The molecule has 0 spiro atoms. The Bertz CT molecular complexity index is 952. The summed E-state index contributed by atoms with van der Waals surface area (Å²) < 4.78 is 30.8. The first-order chi connectivity index (χ1) is 17.2. The van der Waals surface area contributed by atoms with Crippen molar-refractivity contribution in [1.29, 1.82) is 0 Å². The van der Waals surface area contributed by atoms with Gasteiger partial charge >= 0.3 is 0 Å². The molecule has 3 aromatic rings. The summed E-state index contributed by atoms with van der Waals surface area (Å²) in [6.07, 6.45) is -0.482. The van der Waals surface area contributed by atoms with Crippen LogP contribution in [-0.2, 0) is 36.9 Å². The number of halogens is 1. The Hall–Kier alpha value is -2.26. The van der Waals surface area contributed by atoms with Crippen LogP contribution in [0.15, 0.2) is 77.3 Å². The average Bonchev–Trinajstić information content (AvgIpc) is 2.88. The molecule has 0 amide bonds. The predicted octanol–water partition coefficient (Wildman–Crippen LogP) is 5.73. The molecule has 0 unspecified atom stereocenters. The highest BCUT2D eigenvalue weighted by Gasteiger charge is 2.17. The van der Waals surface area contributed by atoms with E-state index in [-0.39, 0.29) is 31.2 Å². The first-order valence-electron chi connectivity index (χ1n) is 11.8. The number of fused-ring (bicyclic) bond motifs is 2. The predicted molar refractivity (Wildman–Crippen MR) is 136 cm³/mol. The summed E-state index contributed by atoms with van der Waals surface area (Å²) in [7, 11) is 0. The number of phenolic OH excluding ortho intramolecular Hbond substituents is 1. The van der Waals surface area contributed by atoms with Gasteiger partial charge in [-0.1, -0.05) is 76.6 Å². The van der Waals surface area contributed by atoms with Crippen LogP contribution >= 0.6 is 15.9 Å². The van der Waals surface area contributed by atoms with E-state index in [1.165, 1.54) is 0 Å². The van der Waals surface area contributed by atoms with Gasteiger partial charge in [-0.25, -0.2) is 0 Å². The van der Waals surface area contributed by atoms with Crippen LogP contribution in [0.5, 0.6) is 5.75 Å². The van der Waals surface area contributed by atoms with Crippen LogP contribution < -0.4 is 0 Å². The second kappa shape index (κ2) is 13.7. The van der Waals surface area contributed by atoms with Crippen molar-refractivity contribution >= 4 is 15.9 Å². The van der Waals surface area contributed by atoms with Crippen molar-refractivity contribution in [2.75, 3.05) is 39.6 Å². The molecule has 6 nitrogen and oxygen atoms in total. The summed E-state index contributed by atoms with van der Waals surface area (Å²) in [6.45, 7) is 2.96. The lowest BCUT2D eigenvalue weighted by atomic mass is 10.1. The molecule has 7 heteroatoms. The fourth-order valence-electron chi connectivity index (χ4n) is 3.91. The Balaban J connectivity index is 1.50. The molecule has 186 valence electrons. The molecule has 3 aromatic carbocycles. The first kappa shape index (κ1) is 25.8. The molecule has 0 radical (unpaired) electrons. The Labute approximate surface area is 214 Å². The van der Waals surface area contributed by atoms with E-state index >= 15 is 0 Å². The lowest BCUT2D eigenvalue weighted by Crippen LogP contribution is -2.18. The molecule has 0 saturated carbocycles. The van der Waals surface area contributed by atoms with Crippen LogP contribution in [-0.4, -0.2) is 44.7 Å². The van der Waals surface area contributed by atoms with Crippen molar-refractivity contribution in [3.05, 3.63) is 99.5 Å². The molecular weight excluding hydrogens is 512 g/mol. The molecule has 1 N–H and O–H groups in total. The zero-order chi connectivity index (χ0) is 24.3. The van der Waals surface area contributed by atoms with Gasteiger partial charge in [0.2, 0.25) is 0 Å². The molecule has 1 heterocycles. The summed E-state index contributed by atoms with van der Waals surface area (Å²) in [4.78, 5) is 0. The number of hydrogen-bond donors (Lipinski definition) is 1. The van der Waals surface area contributed by atoms with E-state index in [4.69, 9.17) is 23.7 Å². The van der Waals surface area contributed by atoms with Gasteiger partial charge in [-0.05, 0) is 23.3 Å². The minimum atomic E-state index is -0.241. The molecule has 2 bridgehead atoms. The van der Waals surface area contributed by atoms with Gasteiger partial charge in [-0.15, -0.1) is 0 Å². The van der Waals surface area contributed by atoms with E-state index in [2.05, 4.69) is 15.9 Å². The Morgan fingerprint density at radius 2 is 1.09 bits per heavy atom. The number of rotatable bonds is 2. The Morgan fingerprint density at radius 1 is 0.629 bits per heavy atom. The fraction of sp³-hybridized carbons (Fsp3) is 0.357. The summed E-state index contributed by atoms with van der Waals surface area (Å²) in [5.74, 6) is 0.178. The van der Waals surface area contributed by atoms with Gasteiger partial charge in [-0.2, -0.15) is 0 Å². The molecule has 0 aliphatic carbocycles.